The molecular formula is C15H15ClFN3O. The zero-order valence-corrected chi connectivity index (χ0v) is 12.6. The molecule has 1 saturated heterocycles. The Balaban J connectivity index is 2.03. The first-order valence-corrected chi connectivity index (χ1v) is 7.16. The monoisotopic (exact) mass is 307 g/mol. The molecule has 0 aliphatic carbocycles. The highest BCUT2D eigenvalue weighted by Crippen LogP contribution is 2.34. The van der Waals surface area contributed by atoms with Gasteiger partial charge in [-0.2, -0.15) is 10.4 Å². The summed E-state index contributed by atoms with van der Waals surface area (Å²) >= 11 is 6.22. The van der Waals surface area contributed by atoms with Crippen LogP contribution in [0.15, 0.2) is 17.2 Å². The molecule has 0 aromatic heterocycles. The Morgan fingerprint density at radius 2 is 2.29 bits per heavy atom. The van der Waals surface area contributed by atoms with Crippen LogP contribution >= 0.6 is 11.6 Å². The van der Waals surface area contributed by atoms with E-state index < -0.39 is 6.17 Å². The molecule has 3 rings (SSSR count). The van der Waals surface area contributed by atoms with Gasteiger partial charge in [-0.05, 0) is 18.6 Å². The van der Waals surface area contributed by atoms with E-state index in [-0.39, 0.29) is 12.1 Å². The van der Waals surface area contributed by atoms with Crippen molar-refractivity contribution in [1.82, 2.24) is 5.01 Å². The quantitative estimate of drug-likeness (QED) is 0.844. The van der Waals surface area contributed by atoms with Gasteiger partial charge in [-0.3, -0.25) is 5.01 Å². The van der Waals surface area contributed by atoms with Crippen LogP contribution in [0.4, 0.5) is 4.39 Å². The zero-order chi connectivity index (χ0) is 15.1. The number of fused-ring (bicyclic) bond motifs is 1. The van der Waals surface area contributed by atoms with Gasteiger partial charge in [0.2, 0.25) is 0 Å². The van der Waals surface area contributed by atoms with Crippen LogP contribution in [-0.4, -0.2) is 42.7 Å². The second-order valence-electron chi connectivity index (χ2n) is 5.38. The maximum absolute atomic E-state index is 13.5. The van der Waals surface area contributed by atoms with E-state index in [9.17, 15) is 4.39 Å². The van der Waals surface area contributed by atoms with Gasteiger partial charge in [0.05, 0.1) is 28.9 Å². The second-order valence-corrected chi connectivity index (χ2v) is 5.75. The fraction of sp³-hybridized carbons (Fsp3) is 0.467. The van der Waals surface area contributed by atoms with Crippen LogP contribution in [-0.2, 0) is 4.74 Å². The van der Waals surface area contributed by atoms with Crippen LogP contribution in [0.25, 0.3) is 0 Å². The van der Waals surface area contributed by atoms with Gasteiger partial charge in [0.25, 0.3) is 0 Å². The van der Waals surface area contributed by atoms with E-state index in [1.54, 1.807) is 18.2 Å². The molecule has 3 atom stereocenters. The molecule has 1 aromatic carbocycles. The predicted molar refractivity (Wildman–Crippen MR) is 78.2 cm³/mol. The zero-order valence-electron chi connectivity index (χ0n) is 11.8. The minimum atomic E-state index is -0.858. The molecule has 3 unspecified atom stereocenters. The van der Waals surface area contributed by atoms with Gasteiger partial charge in [-0.1, -0.05) is 17.7 Å². The lowest BCUT2D eigenvalue weighted by molar-refractivity contribution is 0.0985. The van der Waals surface area contributed by atoms with E-state index in [2.05, 4.69) is 11.2 Å². The summed E-state index contributed by atoms with van der Waals surface area (Å²) in [6.07, 6.45) is -0.703. The minimum Gasteiger partial charge on any atom is -0.373 e. The molecule has 4 nitrogen and oxygen atoms in total. The Kier molecular flexibility index (Phi) is 3.60. The number of benzene rings is 1. The third-order valence-electron chi connectivity index (χ3n) is 4.16. The molecule has 6 heteroatoms. The van der Waals surface area contributed by atoms with Crippen LogP contribution < -0.4 is 0 Å². The number of hydrogen-bond acceptors (Lipinski definition) is 4. The molecule has 1 aromatic rings. The number of halogens is 2. The standard InChI is InChI=1S/C15H15ClFN3O/c1-8-11(4-3-9(6-18)13(8)16)14-15(21-2)12-5-10(17)7-20(12)19-14/h3-4,10,12,15H,5,7H2,1-2H3. The first-order valence-electron chi connectivity index (χ1n) is 6.78. The van der Waals surface area contributed by atoms with Gasteiger partial charge in [-0.15, -0.1) is 0 Å². The lowest BCUT2D eigenvalue weighted by Crippen LogP contribution is -2.35. The molecule has 2 heterocycles. The molecule has 0 amide bonds. The number of hydrazone groups is 1. The van der Waals surface area contributed by atoms with E-state index in [1.165, 1.54) is 0 Å². The summed E-state index contributed by atoms with van der Waals surface area (Å²) in [7, 11) is 1.61. The molecular weight excluding hydrogens is 293 g/mol. The largest absolute Gasteiger partial charge is 0.373 e. The molecule has 110 valence electrons. The van der Waals surface area contributed by atoms with Crippen LogP contribution in [0.2, 0.25) is 5.02 Å². The summed E-state index contributed by atoms with van der Waals surface area (Å²) < 4.78 is 19.0. The summed E-state index contributed by atoms with van der Waals surface area (Å²) in [6, 6.07) is 5.52. The molecule has 21 heavy (non-hydrogen) atoms. The molecule has 2 aliphatic rings. The summed E-state index contributed by atoms with van der Waals surface area (Å²) in [5.74, 6) is 0. The topological polar surface area (TPSA) is 48.6 Å². The number of methoxy groups -OCH3 is 1. The van der Waals surface area contributed by atoms with Crippen molar-refractivity contribution >= 4 is 17.3 Å². The summed E-state index contributed by atoms with van der Waals surface area (Å²) in [6.45, 7) is 2.16. The Morgan fingerprint density at radius 3 is 2.95 bits per heavy atom. The van der Waals surface area contributed by atoms with Crippen LogP contribution in [0.3, 0.4) is 0 Å². The van der Waals surface area contributed by atoms with E-state index in [1.807, 2.05) is 13.0 Å². The molecule has 0 radical (unpaired) electrons. The average molecular weight is 308 g/mol. The fourth-order valence-corrected chi connectivity index (χ4v) is 3.30. The number of nitrogens with zero attached hydrogens (tertiary/aromatic N) is 3. The van der Waals surface area contributed by atoms with Crippen molar-refractivity contribution in [1.29, 1.82) is 5.26 Å². The first-order chi connectivity index (χ1) is 10.1. The van der Waals surface area contributed by atoms with Crippen molar-refractivity contribution in [3.05, 3.63) is 33.8 Å². The Bertz CT molecular complexity index is 655. The molecule has 2 aliphatic heterocycles. The SMILES string of the molecule is COC1C(c2ccc(C#N)c(Cl)c2C)=NN2CC(F)CC12. The highest BCUT2D eigenvalue weighted by molar-refractivity contribution is 6.33. The Morgan fingerprint density at radius 1 is 1.52 bits per heavy atom. The molecule has 0 bridgehead atoms. The van der Waals surface area contributed by atoms with Crippen molar-refractivity contribution < 1.29 is 9.13 Å². The van der Waals surface area contributed by atoms with Crippen molar-refractivity contribution in [3.63, 3.8) is 0 Å². The smallest absolute Gasteiger partial charge is 0.123 e. The highest BCUT2D eigenvalue weighted by atomic mass is 35.5. The van der Waals surface area contributed by atoms with Crippen LogP contribution in [0, 0.1) is 18.3 Å². The van der Waals surface area contributed by atoms with Crippen molar-refractivity contribution in [2.24, 2.45) is 5.10 Å². The maximum Gasteiger partial charge on any atom is 0.123 e. The van der Waals surface area contributed by atoms with Gasteiger partial charge >= 0.3 is 0 Å². The lowest BCUT2D eigenvalue weighted by atomic mass is 9.95. The third kappa shape index (κ3) is 2.19. The van der Waals surface area contributed by atoms with Crippen LogP contribution in [0.1, 0.15) is 23.1 Å². The maximum atomic E-state index is 13.5. The van der Waals surface area contributed by atoms with Gasteiger partial charge in [-0.25, -0.2) is 4.39 Å². The van der Waals surface area contributed by atoms with E-state index >= 15 is 0 Å². The van der Waals surface area contributed by atoms with Gasteiger partial charge in [0, 0.05) is 19.1 Å². The van der Waals surface area contributed by atoms with Gasteiger partial charge < -0.3 is 4.74 Å². The van der Waals surface area contributed by atoms with E-state index in [4.69, 9.17) is 21.6 Å². The predicted octanol–water partition coefficient (Wildman–Crippen LogP) is 2.67. The number of rotatable bonds is 2. The fourth-order valence-electron chi connectivity index (χ4n) is 3.09. The lowest BCUT2D eigenvalue weighted by Gasteiger charge is -2.20. The molecule has 1 fully saturated rings. The normalized spacial score (nSPS) is 27.5. The van der Waals surface area contributed by atoms with Gasteiger partial charge in [0.1, 0.15) is 18.3 Å². The Labute approximate surface area is 127 Å². The molecule has 0 N–H and O–H groups in total. The number of nitriles is 1. The van der Waals surface area contributed by atoms with Gasteiger partial charge in [0.15, 0.2) is 0 Å². The summed E-state index contributed by atoms with van der Waals surface area (Å²) in [5.41, 5.74) is 2.86. The number of hydrogen-bond donors (Lipinski definition) is 0. The van der Waals surface area contributed by atoms with Crippen LogP contribution in [0.5, 0.6) is 0 Å². The van der Waals surface area contributed by atoms with Crippen molar-refractivity contribution in [2.75, 3.05) is 13.7 Å². The summed E-state index contributed by atoms with van der Waals surface area (Å²) in [5, 5.41) is 15.7. The minimum absolute atomic E-state index is 0.0613. The number of alkyl halides is 1. The average Bonchev–Trinajstić information content (AvgIpc) is 2.97. The molecule has 0 spiro atoms. The van der Waals surface area contributed by atoms with Crippen molar-refractivity contribution in [2.45, 2.75) is 31.7 Å². The van der Waals surface area contributed by atoms with E-state index in [0.29, 0.717) is 23.6 Å². The number of ether oxygens (including phenoxy) is 1. The highest BCUT2D eigenvalue weighted by Gasteiger charge is 2.45. The van der Waals surface area contributed by atoms with E-state index in [0.717, 1.165) is 16.8 Å². The Hall–Kier alpha value is -1.64. The van der Waals surface area contributed by atoms with Crippen molar-refractivity contribution in [3.8, 4) is 6.07 Å². The third-order valence-corrected chi connectivity index (χ3v) is 4.64. The summed E-state index contributed by atoms with van der Waals surface area (Å²) in [4.78, 5) is 0. The molecule has 0 saturated carbocycles. The second kappa shape index (κ2) is 5.28. The first kappa shape index (κ1) is 14.3.